The maximum Gasteiger partial charge on any atom is 0.119 e. The Labute approximate surface area is 121 Å². The monoisotopic (exact) mass is 277 g/mol. The third-order valence-corrected chi connectivity index (χ3v) is 2.80. The highest BCUT2D eigenvalue weighted by molar-refractivity contribution is 5.38. The van der Waals surface area contributed by atoms with Gasteiger partial charge in [0.05, 0.1) is 0 Å². The summed E-state index contributed by atoms with van der Waals surface area (Å²) in [5.74, 6) is 6.30. The number of aliphatic hydroxyl groups is 1. The molecule has 1 N–H and O–H groups in total. The molecule has 0 fully saturated rings. The molecule has 110 valence electrons. The highest BCUT2D eigenvalue weighted by atomic mass is 16.5. The molecule has 4 nitrogen and oxygen atoms in total. The number of ether oxygens (including phenoxy) is 2. The van der Waals surface area contributed by atoms with E-state index in [0.717, 1.165) is 37.4 Å². The molecule has 0 amide bonds. The Bertz CT molecular complexity index is 420. The van der Waals surface area contributed by atoms with Gasteiger partial charge in [0.15, 0.2) is 0 Å². The predicted octanol–water partition coefficient (Wildman–Crippen LogP) is 1.38. The van der Waals surface area contributed by atoms with Gasteiger partial charge in [0.2, 0.25) is 0 Å². The molecular formula is C16H23NO3. The molecule has 1 rings (SSSR count). The van der Waals surface area contributed by atoms with Crippen LogP contribution in [-0.2, 0) is 4.74 Å². The second kappa shape index (κ2) is 10.3. The van der Waals surface area contributed by atoms with Crippen LogP contribution in [0.3, 0.4) is 0 Å². The van der Waals surface area contributed by atoms with Crippen molar-refractivity contribution in [3.05, 3.63) is 29.8 Å². The highest BCUT2D eigenvalue weighted by Crippen LogP contribution is 2.11. The number of hydrogen-bond acceptors (Lipinski definition) is 4. The number of methoxy groups -OCH3 is 1. The predicted molar refractivity (Wildman–Crippen MR) is 79.9 cm³/mol. The van der Waals surface area contributed by atoms with Crippen LogP contribution in [-0.4, -0.2) is 57.1 Å². The van der Waals surface area contributed by atoms with E-state index in [1.54, 1.807) is 7.11 Å². The van der Waals surface area contributed by atoms with Gasteiger partial charge in [-0.1, -0.05) is 11.8 Å². The maximum absolute atomic E-state index is 8.62. The summed E-state index contributed by atoms with van der Waals surface area (Å²) >= 11 is 0. The van der Waals surface area contributed by atoms with Crippen molar-refractivity contribution in [3.8, 4) is 17.6 Å². The molecule has 0 saturated heterocycles. The summed E-state index contributed by atoms with van der Waals surface area (Å²) < 4.78 is 10.7. The maximum atomic E-state index is 8.62. The van der Waals surface area contributed by atoms with Gasteiger partial charge >= 0.3 is 0 Å². The van der Waals surface area contributed by atoms with Crippen molar-refractivity contribution in [3.63, 3.8) is 0 Å². The van der Waals surface area contributed by atoms with Crippen molar-refractivity contribution in [2.75, 3.05) is 47.1 Å². The molecule has 1 aromatic rings. The van der Waals surface area contributed by atoms with E-state index in [1.165, 1.54) is 0 Å². The van der Waals surface area contributed by atoms with Gasteiger partial charge in [-0.15, -0.1) is 0 Å². The average Bonchev–Trinajstić information content (AvgIpc) is 2.47. The summed E-state index contributed by atoms with van der Waals surface area (Å²) in [5.41, 5.74) is 0.878. The van der Waals surface area contributed by atoms with Crippen LogP contribution in [0.2, 0.25) is 0 Å². The topological polar surface area (TPSA) is 41.9 Å². The van der Waals surface area contributed by atoms with E-state index in [0.29, 0.717) is 6.61 Å². The average molecular weight is 277 g/mol. The van der Waals surface area contributed by atoms with Crippen LogP contribution in [0.25, 0.3) is 0 Å². The largest absolute Gasteiger partial charge is 0.492 e. The van der Waals surface area contributed by atoms with Crippen LogP contribution < -0.4 is 4.74 Å². The lowest BCUT2D eigenvalue weighted by Crippen LogP contribution is -2.26. The molecule has 0 spiro atoms. The summed E-state index contributed by atoms with van der Waals surface area (Å²) in [6.07, 6.45) is 1.03. The van der Waals surface area contributed by atoms with Crippen molar-refractivity contribution in [2.45, 2.75) is 6.42 Å². The zero-order valence-electron chi connectivity index (χ0n) is 12.3. The van der Waals surface area contributed by atoms with Crippen LogP contribution in [0.5, 0.6) is 5.75 Å². The standard InChI is InChI=1S/C16H23NO3/c1-17(10-4-13-19-2)11-14-20-16-8-6-15(7-9-16)5-3-12-18/h6-9,18H,4,10-14H2,1-2H3. The van der Waals surface area contributed by atoms with Gasteiger partial charge in [0, 0.05) is 32.4 Å². The molecule has 0 aromatic heterocycles. The summed E-state index contributed by atoms with van der Waals surface area (Å²) in [7, 11) is 3.80. The molecule has 0 aliphatic carbocycles. The van der Waals surface area contributed by atoms with Crippen molar-refractivity contribution in [2.24, 2.45) is 0 Å². The van der Waals surface area contributed by atoms with E-state index >= 15 is 0 Å². The molecular weight excluding hydrogens is 254 g/mol. The van der Waals surface area contributed by atoms with Gasteiger partial charge in [-0.3, -0.25) is 0 Å². The van der Waals surface area contributed by atoms with Crippen LogP contribution in [0.4, 0.5) is 0 Å². The third kappa shape index (κ3) is 7.15. The van der Waals surface area contributed by atoms with Gasteiger partial charge in [-0.05, 0) is 37.7 Å². The van der Waals surface area contributed by atoms with Crippen LogP contribution in [0.1, 0.15) is 12.0 Å². The minimum Gasteiger partial charge on any atom is -0.492 e. The number of aliphatic hydroxyl groups excluding tert-OH is 1. The number of nitrogens with zero attached hydrogens (tertiary/aromatic N) is 1. The van der Waals surface area contributed by atoms with Crippen LogP contribution in [0, 0.1) is 11.8 Å². The first-order valence-electron chi connectivity index (χ1n) is 6.76. The van der Waals surface area contributed by atoms with E-state index < -0.39 is 0 Å². The summed E-state index contributed by atoms with van der Waals surface area (Å²) in [6.45, 7) is 3.23. The van der Waals surface area contributed by atoms with Gasteiger partial charge < -0.3 is 19.5 Å². The van der Waals surface area contributed by atoms with Gasteiger partial charge in [0.25, 0.3) is 0 Å². The Balaban J connectivity index is 2.24. The molecule has 4 heteroatoms. The Kier molecular flexibility index (Phi) is 8.48. The molecule has 0 bridgehead atoms. The van der Waals surface area contributed by atoms with E-state index in [1.807, 2.05) is 24.3 Å². The molecule has 0 radical (unpaired) electrons. The Morgan fingerprint density at radius 3 is 2.55 bits per heavy atom. The molecule has 0 heterocycles. The summed E-state index contributed by atoms with van der Waals surface area (Å²) in [6, 6.07) is 7.57. The molecule has 0 aliphatic rings. The lowest BCUT2D eigenvalue weighted by molar-refractivity contribution is 0.172. The lowest BCUT2D eigenvalue weighted by Gasteiger charge is -2.16. The van der Waals surface area contributed by atoms with E-state index in [2.05, 4.69) is 23.8 Å². The second-order valence-electron chi connectivity index (χ2n) is 4.48. The Morgan fingerprint density at radius 2 is 1.90 bits per heavy atom. The normalized spacial score (nSPS) is 10.2. The zero-order chi connectivity index (χ0) is 14.6. The first-order valence-corrected chi connectivity index (χ1v) is 6.76. The van der Waals surface area contributed by atoms with E-state index in [-0.39, 0.29) is 6.61 Å². The first kappa shape index (κ1) is 16.5. The number of likely N-dealkylation sites (N-methyl/N-ethyl adjacent to an activating group) is 1. The fourth-order valence-electron chi connectivity index (χ4n) is 1.69. The minimum atomic E-state index is -0.117. The molecule has 1 aromatic carbocycles. The molecule has 0 saturated carbocycles. The van der Waals surface area contributed by atoms with Crippen molar-refractivity contribution in [1.82, 2.24) is 4.90 Å². The fourth-order valence-corrected chi connectivity index (χ4v) is 1.69. The van der Waals surface area contributed by atoms with Gasteiger partial charge in [-0.25, -0.2) is 0 Å². The van der Waals surface area contributed by atoms with Crippen molar-refractivity contribution >= 4 is 0 Å². The zero-order valence-corrected chi connectivity index (χ0v) is 12.3. The second-order valence-corrected chi connectivity index (χ2v) is 4.48. The van der Waals surface area contributed by atoms with Crippen molar-refractivity contribution < 1.29 is 14.6 Å². The minimum absolute atomic E-state index is 0.117. The molecule has 0 atom stereocenters. The Hall–Kier alpha value is -1.54. The summed E-state index contributed by atoms with van der Waals surface area (Å²) in [5, 5.41) is 8.62. The fraction of sp³-hybridized carbons (Fsp3) is 0.500. The SMILES string of the molecule is COCCCN(C)CCOc1ccc(C#CCO)cc1. The molecule has 20 heavy (non-hydrogen) atoms. The highest BCUT2D eigenvalue weighted by Gasteiger charge is 1.99. The number of benzene rings is 1. The van der Waals surface area contributed by atoms with Crippen molar-refractivity contribution in [1.29, 1.82) is 0 Å². The molecule has 0 unspecified atom stereocenters. The summed E-state index contributed by atoms with van der Waals surface area (Å²) in [4.78, 5) is 2.22. The van der Waals surface area contributed by atoms with Crippen LogP contribution >= 0.6 is 0 Å². The third-order valence-electron chi connectivity index (χ3n) is 2.80. The van der Waals surface area contributed by atoms with E-state index in [4.69, 9.17) is 14.6 Å². The van der Waals surface area contributed by atoms with Gasteiger partial charge in [0.1, 0.15) is 19.0 Å². The number of rotatable bonds is 8. The lowest BCUT2D eigenvalue weighted by atomic mass is 10.2. The van der Waals surface area contributed by atoms with Gasteiger partial charge in [-0.2, -0.15) is 0 Å². The quantitative estimate of drug-likeness (QED) is 0.576. The smallest absolute Gasteiger partial charge is 0.119 e. The van der Waals surface area contributed by atoms with Crippen LogP contribution in [0.15, 0.2) is 24.3 Å². The Morgan fingerprint density at radius 1 is 1.15 bits per heavy atom. The molecule has 0 aliphatic heterocycles. The van der Waals surface area contributed by atoms with E-state index in [9.17, 15) is 0 Å². The first-order chi connectivity index (χ1) is 9.76. The number of hydrogen-bond donors (Lipinski definition) is 1.